The molecular formula is C30H45NO6. The fourth-order valence-electron chi connectivity index (χ4n) is 9.75. The zero-order chi connectivity index (χ0) is 26.8. The minimum atomic E-state index is -0.488. The summed E-state index contributed by atoms with van der Waals surface area (Å²) in [6.45, 7) is 7.17. The van der Waals surface area contributed by atoms with Gasteiger partial charge >= 0.3 is 5.97 Å². The van der Waals surface area contributed by atoms with Gasteiger partial charge in [-0.15, -0.1) is 0 Å². The van der Waals surface area contributed by atoms with Crippen molar-refractivity contribution in [1.82, 2.24) is 0 Å². The molecule has 7 nitrogen and oxygen atoms in total. The lowest BCUT2D eigenvalue weighted by molar-refractivity contribution is -0.151. The number of aliphatic hydroxyl groups is 1. The summed E-state index contributed by atoms with van der Waals surface area (Å²) in [6, 6.07) is 3.23. The van der Waals surface area contributed by atoms with Crippen LogP contribution in [0.25, 0.3) is 0 Å². The predicted molar refractivity (Wildman–Crippen MR) is 141 cm³/mol. The number of benzene rings is 1. The number of aliphatic hydroxyl groups excluding tert-OH is 1. The van der Waals surface area contributed by atoms with Crippen molar-refractivity contribution in [3.05, 3.63) is 17.7 Å². The highest BCUT2D eigenvalue weighted by Gasteiger charge is 2.70. The van der Waals surface area contributed by atoms with E-state index in [-0.39, 0.29) is 34.3 Å². The summed E-state index contributed by atoms with van der Waals surface area (Å²) in [4.78, 5) is 13.3. The first kappa shape index (κ1) is 26.6. The van der Waals surface area contributed by atoms with E-state index in [0.717, 1.165) is 44.9 Å². The first-order chi connectivity index (χ1) is 17.5. The molecule has 0 aliphatic heterocycles. The highest BCUT2D eigenvalue weighted by atomic mass is 16.5. The molecule has 1 aromatic rings. The summed E-state index contributed by atoms with van der Waals surface area (Å²) in [5, 5.41) is 11.7. The minimum absolute atomic E-state index is 0.0271. The Hall–Kier alpha value is -1.99. The summed E-state index contributed by atoms with van der Waals surface area (Å²) in [6.07, 6.45) is 8.22. The third kappa shape index (κ3) is 3.86. The molecule has 1 spiro atoms. The van der Waals surface area contributed by atoms with E-state index in [1.54, 1.807) is 12.1 Å². The van der Waals surface area contributed by atoms with Crippen LogP contribution in [-0.4, -0.2) is 50.7 Å². The Labute approximate surface area is 221 Å². The number of fused-ring (bicyclic) bond motifs is 3. The number of methoxy groups -OCH3 is 3. The molecule has 0 amide bonds. The second kappa shape index (κ2) is 9.04. The zero-order valence-corrected chi connectivity index (χ0v) is 23.4. The number of hydrogen-bond donors (Lipinski definition) is 2. The van der Waals surface area contributed by atoms with E-state index >= 15 is 0 Å². The Morgan fingerprint density at radius 3 is 2.24 bits per heavy atom. The van der Waals surface area contributed by atoms with Crippen molar-refractivity contribution in [2.75, 3.05) is 27.9 Å². The molecule has 4 saturated carbocycles. The Morgan fingerprint density at radius 1 is 0.973 bits per heavy atom. The number of nitrogens with two attached hydrogens (primary N) is 1. The van der Waals surface area contributed by atoms with Crippen LogP contribution in [0.2, 0.25) is 0 Å². The smallest absolute Gasteiger partial charge is 0.338 e. The Balaban J connectivity index is 1.43. The monoisotopic (exact) mass is 515 g/mol. The van der Waals surface area contributed by atoms with E-state index in [4.69, 9.17) is 24.7 Å². The molecule has 1 aromatic carbocycles. The summed E-state index contributed by atoms with van der Waals surface area (Å²) >= 11 is 0. The fourth-order valence-corrected chi connectivity index (χ4v) is 9.75. The lowest BCUT2D eigenvalue weighted by Gasteiger charge is -2.65. The van der Waals surface area contributed by atoms with Crippen molar-refractivity contribution in [3.8, 4) is 17.2 Å². The lowest BCUT2D eigenvalue weighted by Crippen LogP contribution is -2.63. The van der Waals surface area contributed by atoms with E-state index in [1.165, 1.54) is 27.8 Å². The number of ether oxygens (including phenoxy) is 4. The van der Waals surface area contributed by atoms with Crippen molar-refractivity contribution in [2.24, 2.45) is 39.7 Å². The SMILES string of the molecule is COc1cc(C(=O)OC[C@@H]2[C@@H](O)[C@@]3(C)CC[C@H]4[C@]5(C)CCC[C@@](C)(N)[C@H]5CC[C@@]24C3)cc(OC)c1OC. The highest BCUT2D eigenvalue weighted by Crippen LogP contribution is 2.74. The molecule has 8 atom stereocenters. The summed E-state index contributed by atoms with van der Waals surface area (Å²) in [5.74, 6) is 1.69. The van der Waals surface area contributed by atoms with Crippen molar-refractivity contribution >= 4 is 5.97 Å². The van der Waals surface area contributed by atoms with Gasteiger partial charge < -0.3 is 29.8 Å². The maximum atomic E-state index is 13.3. The van der Waals surface area contributed by atoms with Gasteiger partial charge in [0, 0.05) is 11.5 Å². The molecule has 4 aliphatic carbocycles. The van der Waals surface area contributed by atoms with E-state index in [9.17, 15) is 9.90 Å². The molecule has 0 heterocycles. The maximum absolute atomic E-state index is 13.3. The number of carbonyl (C=O) groups excluding carboxylic acids is 1. The topological polar surface area (TPSA) is 100 Å². The first-order valence-electron chi connectivity index (χ1n) is 13.9. The molecule has 0 unspecified atom stereocenters. The van der Waals surface area contributed by atoms with Crippen molar-refractivity contribution in [2.45, 2.75) is 83.8 Å². The van der Waals surface area contributed by atoms with Gasteiger partial charge in [-0.3, -0.25) is 0 Å². The molecule has 4 fully saturated rings. The summed E-state index contributed by atoms with van der Waals surface area (Å²) in [5.41, 5.74) is 7.10. The van der Waals surface area contributed by atoms with Gasteiger partial charge in [-0.05, 0) is 92.1 Å². The largest absolute Gasteiger partial charge is 0.493 e. The maximum Gasteiger partial charge on any atom is 0.338 e. The van der Waals surface area contributed by atoms with Crippen LogP contribution in [0.5, 0.6) is 17.2 Å². The number of esters is 1. The van der Waals surface area contributed by atoms with Crippen LogP contribution >= 0.6 is 0 Å². The van der Waals surface area contributed by atoms with E-state index in [1.807, 2.05) is 0 Å². The molecular weight excluding hydrogens is 470 g/mol. The second-order valence-corrected chi connectivity index (χ2v) is 13.2. The molecule has 37 heavy (non-hydrogen) atoms. The van der Waals surface area contributed by atoms with Gasteiger partial charge in [-0.2, -0.15) is 0 Å². The number of carbonyl (C=O) groups is 1. The van der Waals surface area contributed by atoms with Crippen LogP contribution in [0.3, 0.4) is 0 Å². The lowest BCUT2D eigenvalue weighted by atomic mass is 9.41. The normalized spacial score (nSPS) is 42.4. The molecule has 2 bridgehead atoms. The van der Waals surface area contributed by atoms with Crippen LogP contribution in [0.1, 0.15) is 82.5 Å². The molecule has 7 heteroatoms. The number of hydrogen-bond acceptors (Lipinski definition) is 7. The molecule has 5 rings (SSSR count). The Morgan fingerprint density at radius 2 is 1.62 bits per heavy atom. The average Bonchev–Trinajstić information content (AvgIpc) is 3.01. The van der Waals surface area contributed by atoms with Crippen LogP contribution in [0.15, 0.2) is 12.1 Å². The zero-order valence-electron chi connectivity index (χ0n) is 23.4. The Kier molecular flexibility index (Phi) is 6.51. The van der Waals surface area contributed by atoms with Gasteiger partial charge in [-0.25, -0.2) is 4.79 Å². The minimum Gasteiger partial charge on any atom is -0.493 e. The molecule has 3 N–H and O–H groups in total. The third-order valence-corrected chi connectivity index (χ3v) is 11.3. The molecule has 206 valence electrons. The summed E-state index contributed by atoms with van der Waals surface area (Å²) < 4.78 is 22.2. The number of rotatable bonds is 6. The average molecular weight is 516 g/mol. The van der Waals surface area contributed by atoms with Crippen LogP contribution in [-0.2, 0) is 4.74 Å². The van der Waals surface area contributed by atoms with Crippen LogP contribution in [0, 0.1) is 34.0 Å². The van der Waals surface area contributed by atoms with E-state index in [2.05, 4.69) is 20.8 Å². The van der Waals surface area contributed by atoms with Crippen molar-refractivity contribution < 1.29 is 28.8 Å². The van der Waals surface area contributed by atoms with Crippen LogP contribution in [0.4, 0.5) is 0 Å². The molecule has 0 saturated heterocycles. The van der Waals surface area contributed by atoms with Crippen molar-refractivity contribution in [1.29, 1.82) is 0 Å². The first-order valence-corrected chi connectivity index (χ1v) is 13.9. The fraction of sp³-hybridized carbons (Fsp3) is 0.767. The van der Waals surface area contributed by atoms with Crippen molar-refractivity contribution in [3.63, 3.8) is 0 Å². The quantitative estimate of drug-likeness (QED) is 0.516. The highest BCUT2D eigenvalue weighted by molar-refractivity contribution is 5.91. The standard InChI is InChI=1S/C30H45NO6/c1-27-12-8-23-28(2)10-7-11-29(3,31)22(28)9-13-30(23,17-27)19(25(27)32)16-37-26(33)18-14-20(34-4)24(36-6)21(15-18)35-5/h14-15,19,22-23,25,32H,7-13,16-17,31H2,1-6H3/t19-,22+,23+,25-,27+,28-,29-,30-/m1/s1. The van der Waals surface area contributed by atoms with E-state index < -0.39 is 12.1 Å². The van der Waals surface area contributed by atoms with Gasteiger partial charge in [0.15, 0.2) is 11.5 Å². The van der Waals surface area contributed by atoms with Gasteiger partial charge in [-0.1, -0.05) is 20.3 Å². The van der Waals surface area contributed by atoms with E-state index in [0.29, 0.717) is 34.6 Å². The molecule has 0 aromatic heterocycles. The van der Waals surface area contributed by atoms with Gasteiger partial charge in [0.05, 0.1) is 39.6 Å². The van der Waals surface area contributed by atoms with Gasteiger partial charge in [0.2, 0.25) is 5.75 Å². The Bertz CT molecular complexity index is 1030. The summed E-state index contributed by atoms with van der Waals surface area (Å²) in [7, 11) is 4.58. The molecule has 4 aliphatic rings. The molecule has 0 radical (unpaired) electrons. The second-order valence-electron chi connectivity index (χ2n) is 13.2. The van der Waals surface area contributed by atoms with Gasteiger partial charge in [0.1, 0.15) is 0 Å². The predicted octanol–water partition coefficient (Wildman–Crippen LogP) is 4.97. The van der Waals surface area contributed by atoms with Crippen LogP contribution < -0.4 is 19.9 Å². The van der Waals surface area contributed by atoms with Gasteiger partial charge in [0.25, 0.3) is 0 Å². The third-order valence-electron chi connectivity index (χ3n) is 11.3.